The van der Waals surface area contributed by atoms with Crippen LogP contribution in [-0.2, 0) is 32.4 Å². The number of anilines is 2. The molecule has 2 saturated heterocycles. The largest absolute Gasteiger partial charge is 0.444 e. The summed E-state index contributed by atoms with van der Waals surface area (Å²) in [6.07, 6.45) is 10.3. The highest BCUT2D eigenvalue weighted by atomic mass is 79.9. The topological polar surface area (TPSA) is 215 Å². The summed E-state index contributed by atoms with van der Waals surface area (Å²) in [6, 6.07) is 15.0. The van der Waals surface area contributed by atoms with Crippen LogP contribution in [0.25, 0.3) is 55.2 Å². The van der Waals surface area contributed by atoms with Crippen LogP contribution in [0.5, 0.6) is 0 Å². The molecule has 6 aromatic heterocycles. The third kappa shape index (κ3) is 19.9. The van der Waals surface area contributed by atoms with Crippen molar-refractivity contribution in [2.45, 2.75) is 176 Å². The van der Waals surface area contributed by atoms with E-state index in [2.05, 4.69) is 129 Å². The highest BCUT2D eigenvalue weighted by molar-refractivity contribution is 9.11. The van der Waals surface area contributed by atoms with Crippen molar-refractivity contribution >= 4 is 101 Å². The molecule has 2 aliphatic heterocycles. The summed E-state index contributed by atoms with van der Waals surface area (Å²) in [6.45, 7) is 36.2. The first-order valence-electron chi connectivity index (χ1n) is 30.3. The lowest BCUT2D eigenvalue weighted by atomic mass is 10.1. The maximum Gasteiger partial charge on any atom is 0.410 e. The number of likely N-dealkylation sites (tertiary alicyclic amines) is 2. The quantitative estimate of drug-likeness (QED) is 0.0640. The summed E-state index contributed by atoms with van der Waals surface area (Å²) in [5.41, 5.74) is 8.23. The van der Waals surface area contributed by atoms with Crippen molar-refractivity contribution in [2.24, 2.45) is 0 Å². The van der Waals surface area contributed by atoms with Crippen LogP contribution in [0.3, 0.4) is 0 Å². The Balaban J connectivity index is 0.000000208. The molecule has 8 heterocycles. The fourth-order valence-electron chi connectivity index (χ4n) is 9.81. The molecule has 0 spiro atoms. The molecule has 2 fully saturated rings. The van der Waals surface area contributed by atoms with Crippen molar-refractivity contribution in [2.75, 3.05) is 50.0 Å². The Kier molecular flexibility index (Phi) is 22.8. The number of fused-ring (bicyclic) bond motifs is 2. The van der Waals surface area contributed by atoms with Gasteiger partial charge in [-0.1, -0.05) is 57.5 Å². The average molecular weight is 1340 g/mol. The molecule has 2 aliphatic rings. The third-order valence-electron chi connectivity index (χ3n) is 14.4. The predicted molar refractivity (Wildman–Crippen MR) is 364 cm³/mol. The van der Waals surface area contributed by atoms with Crippen molar-refractivity contribution in [3.8, 4) is 33.3 Å². The minimum absolute atomic E-state index is 0.0201. The number of benzene rings is 2. The molecule has 0 radical (unpaired) electrons. The number of carbonyl (C=O) groups excluding carboxylic acids is 2. The lowest BCUT2D eigenvalue weighted by molar-refractivity contribution is 0.0196. The van der Waals surface area contributed by atoms with Crippen LogP contribution in [0.4, 0.5) is 21.5 Å². The maximum absolute atomic E-state index is 12.7. The minimum atomic E-state index is -1.21. The first kappa shape index (κ1) is 67.7. The molecular formula is C63H89BrN14O6S2Si2. The average Bonchev–Trinajstić information content (AvgIpc) is 1.82. The van der Waals surface area contributed by atoms with Gasteiger partial charge in [0, 0.05) is 120 Å². The summed E-state index contributed by atoms with van der Waals surface area (Å²) in [4.78, 5) is 56.2. The molecule has 2 N–H and O–H groups in total. The van der Waals surface area contributed by atoms with Crippen molar-refractivity contribution < 1.29 is 28.5 Å². The van der Waals surface area contributed by atoms with Crippen LogP contribution >= 0.6 is 38.6 Å². The Bertz CT molecular complexity index is 3600. The van der Waals surface area contributed by atoms with Crippen molar-refractivity contribution in [1.82, 2.24) is 59.3 Å². The van der Waals surface area contributed by atoms with Gasteiger partial charge in [-0.25, -0.2) is 48.9 Å². The van der Waals surface area contributed by atoms with Gasteiger partial charge in [-0.05, 0) is 151 Å². The lowest BCUT2D eigenvalue weighted by Gasteiger charge is -2.34. The van der Waals surface area contributed by atoms with Crippen LogP contribution in [0.2, 0.25) is 51.4 Å². The molecule has 10 rings (SSSR count). The molecule has 20 nitrogen and oxygen atoms in total. The van der Waals surface area contributed by atoms with E-state index in [4.69, 9.17) is 39.1 Å². The zero-order valence-corrected chi connectivity index (χ0v) is 59.2. The molecule has 0 unspecified atom stereocenters. The lowest BCUT2D eigenvalue weighted by Crippen LogP contribution is -2.47. The van der Waals surface area contributed by atoms with E-state index in [9.17, 15) is 9.59 Å². The monoisotopic (exact) mass is 1340 g/mol. The van der Waals surface area contributed by atoms with E-state index in [1.807, 2.05) is 94.1 Å². The standard InChI is InChI=1S/C31H43N7O3SSi.C29H44N6O3Si.C3H2BrNS/c1-21-18-33-29(34-23-9-8-13-37(19-23)30(39)41-31(2,3)4)35-26(21)27-24-11-10-22(28-32-12-15-42-28)17-25(24)38(36-27)20-40-14-16-43(5,6)7;1-20-11-12-23-24(16-20)35(19-37-14-15-39(6,7)8)33-26(23)25-21(2)17-30-27(32-25)31-22-10-9-13-34(18-22)28(36)38-29(3,4)5;4-3-5-1-2-6-3/h10-12,15,17-18,23H,8-9,13-14,16,19-20H2,1-7H3,(H,33,34,35);11-12,16-17,22H,9-10,13-15,18-19H2,1-8H3,(H,30,31,32);1-2H/t23-;22-;/m00./s1. The Hall–Kier alpha value is -6.23. The Morgan fingerprint density at radius 3 is 1.51 bits per heavy atom. The molecule has 8 aromatic rings. The molecule has 25 heteroatoms. The van der Waals surface area contributed by atoms with E-state index in [0.717, 1.165) is 115 Å². The first-order chi connectivity index (χ1) is 41.5. The summed E-state index contributed by atoms with van der Waals surface area (Å²) in [7, 11) is -2.38. The Morgan fingerprint density at radius 1 is 0.625 bits per heavy atom. The van der Waals surface area contributed by atoms with E-state index in [1.165, 1.54) is 5.56 Å². The van der Waals surface area contributed by atoms with Crippen LogP contribution < -0.4 is 10.6 Å². The van der Waals surface area contributed by atoms with Gasteiger partial charge in [0.05, 0.1) is 22.4 Å². The second-order valence-electron chi connectivity index (χ2n) is 27.0. The second-order valence-corrected chi connectivity index (χ2v) is 41.3. The van der Waals surface area contributed by atoms with Crippen LogP contribution in [0, 0.1) is 20.8 Å². The second kappa shape index (κ2) is 29.6. The number of nitrogens with zero attached hydrogens (tertiary/aromatic N) is 12. The summed E-state index contributed by atoms with van der Waals surface area (Å²) >= 11 is 6.39. The molecule has 2 aromatic carbocycles. The van der Waals surface area contributed by atoms with Gasteiger partial charge in [0.1, 0.15) is 41.1 Å². The number of carbonyl (C=O) groups is 2. The summed E-state index contributed by atoms with van der Waals surface area (Å²) in [5, 5.41) is 23.8. The molecular weight excluding hydrogens is 1250 g/mol. The zero-order chi connectivity index (χ0) is 63.6. The van der Waals surface area contributed by atoms with Gasteiger partial charge in [0.2, 0.25) is 11.9 Å². The van der Waals surface area contributed by atoms with Crippen molar-refractivity contribution in [3.63, 3.8) is 0 Å². The first-order valence-corrected chi connectivity index (χ1v) is 40.3. The van der Waals surface area contributed by atoms with Gasteiger partial charge >= 0.3 is 12.2 Å². The highest BCUT2D eigenvalue weighted by Gasteiger charge is 2.31. The number of rotatable bonds is 17. The molecule has 474 valence electrons. The number of amides is 2. The molecule has 2 amide bonds. The molecule has 0 bridgehead atoms. The van der Waals surface area contributed by atoms with Gasteiger partial charge in [0.25, 0.3) is 0 Å². The fraction of sp³-hybridized carbons (Fsp3) is 0.524. The highest BCUT2D eigenvalue weighted by Crippen LogP contribution is 2.35. The number of halogens is 1. The number of piperidine rings is 2. The minimum Gasteiger partial charge on any atom is -0.444 e. The third-order valence-corrected chi connectivity index (χ3v) is 19.9. The molecule has 2 atom stereocenters. The predicted octanol–water partition coefficient (Wildman–Crippen LogP) is 15.2. The molecule has 88 heavy (non-hydrogen) atoms. The molecule has 0 saturated carbocycles. The van der Waals surface area contributed by atoms with E-state index in [-0.39, 0.29) is 24.3 Å². The van der Waals surface area contributed by atoms with Crippen molar-refractivity contribution in [1.29, 1.82) is 0 Å². The van der Waals surface area contributed by atoms with Crippen LogP contribution in [-0.4, -0.2) is 150 Å². The SMILES string of the molecule is Brc1nccs1.Cc1ccc2c(-c3nc(N[C@H]4CCCN(C(=O)OC(C)(C)C)C4)ncc3C)nn(COCC[Si](C)(C)C)c2c1.Cc1cnc(N[C@H]2CCCN(C(=O)OC(C)(C)C)C2)nc1-c1nn(COCC[Si](C)(C)C)c2cc(-c3nccs3)ccc12. The van der Waals surface area contributed by atoms with E-state index in [0.29, 0.717) is 58.1 Å². The van der Waals surface area contributed by atoms with E-state index < -0.39 is 27.3 Å². The Labute approximate surface area is 537 Å². The van der Waals surface area contributed by atoms with E-state index >= 15 is 0 Å². The number of aryl methyl sites for hydroxylation is 3. The number of hydrogen-bond donors (Lipinski definition) is 2. The van der Waals surface area contributed by atoms with Crippen LogP contribution in [0.1, 0.15) is 83.9 Å². The summed E-state index contributed by atoms with van der Waals surface area (Å²) in [5.74, 6) is 1.05. The number of aromatic nitrogens is 10. The van der Waals surface area contributed by atoms with Gasteiger partial charge in [0.15, 0.2) is 3.92 Å². The van der Waals surface area contributed by atoms with Gasteiger partial charge in [-0.2, -0.15) is 10.2 Å². The number of nitrogens with one attached hydrogen (secondary N) is 2. The van der Waals surface area contributed by atoms with Crippen molar-refractivity contribution in [3.05, 3.63) is 92.6 Å². The van der Waals surface area contributed by atoms with Gasteiger partial charge < -0.3 is 39.4 Å². The van der Waals surface area contributed by atoms with Gasteiger partial charge in [-0.3, -0.25) is 0 Å². The van der Waals surface area contributed by atoms with E-state index in [1.54, 1.807) is 38.7 Å². The fourth-order valence-corrected chi connectivity index (χ4v) is 12.8. The van der Waals surface area contributed by atoms with Gasteiger partial charge in [-0.15, -0.1) is 22.7 Å². The smallest absolute Gasteiger partial charge is 0.410 e. The normalized spacial score (nSPS) is 15.8. The number of ether oxygens (including phenoxy) is 4. The van der Waals surface area contributed by atoms with Crippen LogP contribution in [0.15, 0.2) is 75.9 Å². The molecule has 0 aliphatic carbocycles. The number of thiazole rings is 2. The number of hydrogen-bond acceptors (Lipinski definition) is 18. The zero-order valence-electron chi connectivity index (χ0n) is 54.0. The Morgan fingerprint density at radius 2 is 1.09 bits per heavy atom. The summed E-state index contributed by atoms with van der Waals surface area (Å²) < 4.78 is 28.2. The maximum atomic E-state index is 12.7.